The van der Waals surface area contributed by atoms with Crippen molar-refractivity contribution >= 4 is 15.9 Å². The Morgan fingerprint density at radius 3 is 2.20 bits per heavy atom. The largest absolute Gasteiger partial charge is 0.393 e. The number of hydrogen-bond acceptors (Lipinski definition) is 1. The first-order valence-electron chi connectivity index (χ1n) is 1.34. The Hall–Kier alpha value is 0.0200. The van der Waals surface area contributed by atoms with Gasteiger partial charge in [-0.15, -0.1) is 0 Å². The molecule has 2 heteroatoms. The SMILES string of the molecule is CC=C(N)Br. The molecule has 0 fully saturated rings. The number of nitrogens with two attached hydrogens (primary N) is 1. The van der Waals surface area contributed by atoms with Crippen molar-refractivity contribution in [3.05, 3.63) is 10.7 Å². The zero-order valence-electron chi connectivity index (χ0n) is 3.03. The van der Waals surface area contributed by atoms with Crippen molar-refractivity contribution in [2.24, 2.45) is 5.73 Å². The van der Waals surface area contributed by atoms with Crippen LogP contribution in [0.25, 0.3) is 0 Å². The third-order valence-corrected chi connectivity index (χ3v) is 0.734. The Labute approximate surface area is 40.0 Å². The molecule has 0 atom stereocenters. The summed E-state index contributed by atoms with van der Waals surface area (Å²) in [4.78, 5) is 0. The van der Waals surface area contributed by atoms with E-state index in [2.05, 4.69) is 15.9 Å². The van der Waals surface area contributed by atoms with E-state index in [1.807, 2.05) is 6.92 Å². The van der Waals surface area contributed by atoms with E-state index in [4.69, 9.17) is 5.73 Å². The summed E-state index contributed by atoms with van der Waals surface area (Å²) < 4.78 is 0.692. The van der Waals surface area contributed by atoms with Crippen LogP contribution in [0, 0.1) is 0 Å². The lowest BCUT2D eigenvalue weighted by Gasteiger charge is -1.73. The summed E-state index contributed by atoms with van der Waals surface area (Å²) in [5, 5.41) is 0. The molecule has 0 amide bonds. The van der Waals surface area contributed by atoms with Gasteiger partial charge in [0, 0.05) is 0 Å². The first kappa shape index (κ1) is 5.02. The zero-order chi connectivity index (χ0) is 4.28. The average Bonchev–Trinajstić information content (AvgIpc) is 1.38. The molecule has 0 aromatic rings. The van der Waals surface area contributed by atoms with Gasteiger partial charge in [-0.1, -0.05) is 6.08 Å². The second-order valence-electron chi connectivity index (χ2n) is 0.674. The molecule has 0 bridgehead atoms. The molecule has 0 saturated carbocycles. The van der Waals surface area contributed by atoms with Gasteiger partial charge in [-0.3, -0.25) is 0 Å². The molecule has 0 aliphatic carbocycles. The number of hydrogen-bond donors (Lipinski definition) is 1. The van der Waals surface area contributed by atoms with Crippen LogP contribution >= 0.6 is 15.9 Å². The summed E-state index contributed by atoms with van der Waals surface area (Å²) >= 11 is 3.01. The van der Waals surface area contributed by atoms with E-state index in [1.165, 1.54) is 0 Å². The highest BCUT2D eigenvalue weighted by Gasteiger charge is 1.63. The predicted octanol–water partition coefficient (Wildman–Crippen LogP) is 1.20. The monoisotopic (exact) mass is 135 g/mol. The maximum atomic E-state index is 5.07. The normalized spacial score (nSPS) is 12.0. The molecule has 0 heterocycles. The Morgan fingerprint density at radius 1 is 2.00 bits per heavy atom. The maximum Gasteiger partial charge on any atom is 0.0710 e. The van der Waals surface area contributed by atoms with Crippen LogP contribution in [-0.2, 0) is 0 Å². The van der Waals surface area contributed by atoms with Crippen LogP contribution in [0.1, 0.15) is 6.92 Å². The van der Waals surface area contributed by atoms with Crippen molar-refractivity contribution in [3.8, 4) is 0 Å². The lowest BCUT2D eigenvalue weighted by atomic mass is 10.7. The number of halogens is 1. The second kappa shape index (κ2) is 2.27. The van der Waals surface area contributed by atoms with Crippen LogP contribution in [0.2, 0.25) is 0 Å². The quantitative estimate of drug-likeness (QED) is 0.497. The zero-order valence-corrected chi connectivity index (χ0v) is 4.62. The van der Waals surface area contributed by atoms with Gasteiger partial charge in [-0.05, 0) is 22.9 Å². The lowest BCUT2D eigenvalue weighted by Crippen LogP contribution is -1.82. The molecule has 2 N–H and O–H groups in total. The van der Waals surface area contributed by atoms with Gasteiger partial charge in [0.25, 0.3) is 0 Å². The lowest BCUT2D eigenvalue weighted by molar-refractivity contribution is 1.52. The van der Waals surface area contributed by atoms with Crippen molar-refractivity contribution in [1.29, 1.82) is 0 Å². The van der Waals surface area contributed by atoms with Gasteiger partial charge >= 0.3 is 0 Å². The van der Waals surface area contributed by atoms with Crippen LogP contribution in [0.5, 0.6) is 0 Å². The van der Waals surface area contributed by atoms with Crippen LogP contribution < -0.4 is 5.73 Å². The van der Waals surface area contributed by atoms with Gasteiger partial charge in [0.05, 0.1) is 4.61 Å². The van der Waals surface area contributed by atoms with Gasteiger partial charge in [-0.25, -0.2) is 0 Å². The standard InChI is InChI=1S/C3H6BrN/c1-2-3(4)5/h2H,5H2,1H3. The van der Waals surface area contributed by atoms with E-state index < -0.39 is 0 Å². The summed E-state index contributed by atoms with van der Waals surface area (Å²) in [5.74, 6) is 0. The van der Waals surface area contributed by atoms with Gasteiger partial charge in [0.1, 0.15) is 0 Å². The molecule has 0 rings (SSSR count). The van der Waals surface area contributed by atoms with Gasteiger partial charge in [0.2, 0.25) is 0 Å². The van der Waals surface area contributed by atoms with Gasteiger partial charge in [-0.2, -0.15) is 0 Å². The molecular weight excluding hydrogens is 130 g/mol. The van der Waals surface area contributed by atoms with E-state index >= 15 is 0 Å². The van der Waals surface area contributed by atoms with Crippen molar-refractivity contribution in [3.63, 3.8) is 0 Å². The van der Waals surface area contributed by atoms with Crippen molar-refractivity contribution in [2.45, 2.75) is 6.92 Å². The number of allylic oxidation sites excluding steroid dienone is 1. The Bertz CT molecular complexity index is 44.9. The summed E-state index contributed by atoms with van der Waals surface area (Å²) in [6.07, 6.45) is 1.78. The molecule has 30 valence electrons. The van der Waals surface area contributed by atoms with Gasteiger partial charge < -0.3 is 5.73 Å². The van der Waals surface area contributed by atoms with Crippen molar-refractivity contribution in [1.82, 2.24) is 0 Å². The summed E-state index contributed by atoms with van der Waals surface area (Å²) in [5.41, 5.74) is 5.07. The van der Waals surface area contributed by atoms with Crippen LogP contribution in [0.3, 0.4) is 0 Å². The van der Waals surface area contributed by atoms with E-state index in [-0.39, 0.29) is 0 Å². The summed E-state index contributed by atoms with van der Waals surface area (Å²) in [6, 6.07) is 0. The minimum Gasteiger partial charge on any atom is -0.393 e. The number of rotatable bonds is 0. The first-order chi connectivity index (χ1) is 2.27. The fourth-order valence-electron chi connectivity index (χ4n) is 0. The summed E-state index contributed by atoms with van der Waals surface area (Å²) in [7, 11) is 0. The molecular formula is C3H6BrN. The minimum atomic E-state index is 0.692. The highest BCUT2D eigenvalue weighted by Crippen LogP contribution is 1.89. The average molecular weight is 136 g/mol. The van der Waals surface area contributed by atoms with E-state index in [0.717, 1.165) is 0 Å². The van der Waals surface area contributed by atoms with E-state index in [0.29, 0.717) is 4.61 Å². The van der Waals surface area contributed by atoms with Crippen molar-refractivity contribution in [2.75, 3.05) is 0 Å². The highest BCUT2D eigenvalue weighted by atomic mass is 79.9. The fourth-order valence-corrected chi connectivity index (χ4v) is 0. The second-order valence-corrected chi connectivity index (χ2v) is 1.59. The molecule has 0 unspecified atom stereocenters. The highest BCUT2D eigenvalue weighted by molar-refractivity contribution is 9.11. The third-order valence-electron chi connectivity index (χ3n) is 0.276. The minimum absolute atomic E-state index is 0.692. The predicted molar refractivity (Wildman–Crippen MR) is 26.9 cm³/mol. The fraction of sp³-hybridized carbons (Fsp3) is 0.333. The molecule has 0 aromatic heterocycles. The van der Waals surface area contributed by atoms with Gasteiger partial charge in [0.15, 0.2) is 0 Å². The molecule has 0 aliphatic rings. The molecule has 0 radical (unpaired) electrons. The summed E-state index contributed by atoms with van der Waals surface area (Å²) in [6.45, 7) is 1.87. The van der Waals surface area contributed by atoms with Crippen LogP contribution in [0.15, 0.2) is 10.7 Å². The topological polar surface area (TPSA) is 26.0 Å². The molecule has 5 heavy (non-hydrogen) atoms. The molecule has 1 nitrogen and oxygen atoms in total. The van der Waals surface area contributed by atoms with E-state index in [1.54, 1.807) is 6.08 Å². The molecule has 0 spiro atoms. The molecule has 0 aliphatic heterocycles. The van der Waals surface area contributed by atoms with Crippen LogP contribution in [-0.4, -0.2) is 0 Å². The Kier molecular flexibility index (Phi) is 2.28. The van der Waals surface area contributed by atoms with Crippen molar-refractivity contribution < 1.29 is 0 Å². The van der Waals surface area contributed by atoms with E-state index in [9.17, 15) is 0 Å². The first-order valence-corrected chi connectivity index (χ1v) is 2.14. The third kappa shape index (κ3) is 4.02. The molecule has 0 saturated heterocycles. The smallest absolute Gasteiger partial charge is 0.0710 e. The Morgan fingerprint density at radius 2 is 2.20 bits per heavy atom. The molecule has 0 aromatic carbocycles. The Balaban J connectivity index is 3.14. The van der Waals surface area contributed by atoms with Crippen LogP contribution in [0.4, 0.5) is 0 Å². The maximum absolute atomic E-state index is 5.07.